The zero-order valence-electron chi connectivity index (χ0n) is 13.4. The van der Waals surface area contributed by atoms with Crippen LogP contribution in [0.2, 0.25) is 0 Å². The van der Waals surface area contributed by atoms with Crippen molar-refractivity contribution in [1.29, 1.82) is 0 Å². The topological polar surface area (TPSA) is 71.9 Å². The zero-order valence-corrected chi connectivity index (χ0v) is 14.2. The van der Waals surface area contributed by atoms with Gasteiger partial charge in [-0.3, -0.25) is 4.79 Å². The van der Waals surface area contributed by atoms with Crippen LogP contribution in [0.5, 0.6) is 0 Å². The quantitative estimate of drug-likeness (QED) is 0.603. The summed E-state index contributed by atoms with van der Waals surface area (Å²) in [5, 5.41) is 0.568. The Kier molecular flexibility index (Phi) is 3.73. The minimum atomic E-state index is -3.90. The molecule has 0 aliphatic rings. The highest BCUT2D eigenvalue weighted by Gasteiger charge is 2.22. The fourth-order valence-electron chi connectivity index (χ4n) is 2.88. The van der Waals surface area contributed by atoms with Gasteiger partial charge in [0.05, 0.1) is 10.4 Å². The first-order valence-electron chi connectivity index (χ1n) is 7.77. The van der Waals surface area contributed by atoms with Crippen molar-refractivity contribution in [3.05, 3.63) is 89.2 Å². The molecule has 0 aliphatic heterocycles. The Morgan fingerprint density at radius 2 is 1.73 bits per heavy atom. The number of nitrogens with one attached hydrogen (secondary N) is 1. The normalized spacial score (nSPS) is 11.7. The number of rotatable bonds is 3. The fourth-order valence-corrected chi connectivity index (χ4v) is 4.27. The first-order chi connectivity index (χ1) is 12.5. The van der Waals surface area contributed by atoms with E-state index in [1.165, 1.54) is 48.8 Å². The molecule has 2 heterocycles. The molecule has 0 radical (unpaired) electrons. The minimum absolute atomic E-state index is 0.106. The van der Waals surface area contributed by atoms with Crippen LogP contribution in [0.1, 0.15) is 0 Å². The third-order valence-corrected chi connectivity index (χ3v) is 5.82. The summed E-state index contributed by atoms with van der Waals surface area (Å²) < 4.78 is 41.0. The van der Waals surface area contributed by atoms with Crippen molar-refractivity contribution in [3.8, 4) is 11.1 Å². The van der Waals surface area contributed by atoms with Crippen LogP contribution < -0.4 is 5.56 Å². The largest absolute Gasteiger partial charge is 0.328 e. The van der Waals surface area contributed by atoms with Crippen LogP contribution in [0, 0.1) is 5.82 Å². The molecule has 0 spiro atoms. The van der Waals surface area contributed by atoms with Crippen molar-refractivity contribution < 1.29 is 12.8 Å². The molecule has 0 aliphatic carbocycles. The maximum atomic E-state index is 13.8. The van der Waals surface area contributed by atoms with Gasteiger partial charge >= 0.3 is 0 Å². The average molecular weight is 368 g/mol. The summed E-state index contributed by atoms with van der Waals surface area (Å²) in [6.45, 7) is 0. The first-order valence-corrected chi connectivity index (χ1v) is 9.21. The lowest BCUT2D eigenvalue weighted by Gasteiger charge is -2.07. The predicted molar refractivity (Wildman–Crippen MR) is 97.0 cm³/mol. The van der Waals surface area contributed by atoms with Crippen molar-refractivity contribution >= 4 is 20.9 Å². The number of H-pyrrole nitrogens is 1. The minimum Gasteiger partial charge on any atom is -0.328 e. The number of aromatic amines is 1. The van der Waals surface area contributed by atoms with E-state index in [-0.39, 0.29) is 16.0 Å². The summed E-state index contributed by atoms with van der Waals surface area (Å²) in [4.78, 5) is 14.0. The Balaban J connectivity index is 2.03. The number of hydrogen-bond acceptors (Lipinski definition) is 3. The monoisotopic (exact) mass is 368 g/mol. The summed E-state index contributed by atoms with van der Waals surface area (Å²) in [5.74, 6) is -0.534. The standard InChI is InChI=1S/C19H13FN2O3S/c20-14-7-8-16-17(13-6-9-19(23)21-11-13)12-22(18(16)10-14)26(24,25)15-4-2-1-3-5-15/h1-12H,(H,21,23). The Hall–Kier alpha value is -3.19. The van der Waals surface area contributed by atoms with Gasteiger partial charge < -0.3 is 4.98 Å². The Bertz CT molecular complexity index is 1250. The highest BCUT2D eigenvalue weighted by Crippen LogP contribution is 2.32. The van der Waals surface area contributed by atoms with E-state index in [0.717, 1.165) is 3.97 Å². The first kappa shape index (κ1) is 16.3. The maximum Gasteiger partial charge on any atom is 0.268 e. The number of fused-ring (bicyclic) bond motifs is 1. The number of benzene rings is 2. The molecule has 0 saturated heterocycles. The van der Waals surface area contributed by atoms with E-state index in [9.17, 15) is 17.6 Å². The molecular formula is C19H13FN2O3S. The Labute approximate surface area is 148 Å². The van der Waals surface area contributed by atoms with Gasteiger partial charge in [0.1, 0.15) is 5.82 Å². The number of pyridine rings is 1. The van der Waals surface area contributed by atoms with Crippen LogP contribution in [-0.4, -0.2) is 17.4 Å². The molecular weight excluding hydrogens is 355 g/mol. The van der Waals surface area contributed by atoms with Gasteiger partial charge in [-0.15, -0.1) is 0 Å². The Morgan fingerprint density at radius 3 is 2.42 bits per heavy atom. The summed E-state index contributed by atoms with van der Waals surface area (Å²) in [6, 6.07) is 14.9. The van der Waals surface area contributed by atoms with E-state index in [2.05, 4.69) is 4.98 Å². The van der Waals surface area contributed by atoms with E-state index < -0.39 is 15.8 Å². The lowest BCUT2D eigenvalue weighted by Crippen LogP contribution is -2.11. The van der Waals surface area contributed by atoms with Gasteiger partial charge in [-0.05, 0) is 36.4 Å². The van der Waals surface area contributed by atoms with Gasteiger partial charge in [-0.1, -0.05) is 18.2 Å². The molecule has 5 nitrogen and oxygen atoms in total. The summed E-state index contributed by atoms with van der Waals surface area (Å²) in [7, 11) is -3.90. The number of hydrogen-bond donors (Lipinski definition) is 1. The van der Waals surface area contributed by atoms with Crippen LogP contribution in [0.15, 0.2) is 82.7 Å². The van der Waals surface area contributed by atoms with E-state index in [1.807, 2.05) is 0 Å². The van der Waals surface area contributed by atoms with E-state index >= 15 is 0 Å². The molecule has 0 fully saturated rings. The highest BCUT2D eigenvalue weighted by molar-refractivity contribution is 7.90. The molecule has 4 aromatic rings. The van der Waals surface area contributed by atoms with Gasteiger partial charge in [-0.2, -0.15) is 0 Å². The van der Waals surface area contributed by atoms with Crippen LogP contribution in [-0.2, 0) is 10.0 Å². The molecule has 2 aromatic carbocycles. The van der Waals surface area contributed by atoms with Gasteiger partial charge in [0.15, 0.2) is 0 Å². The molecule has 0 amide bonds. The highest BCUT2D eigenvalue weighted by atomic mass is 32.2. The van der Waals surface area contributed by atoms with Gasteiger partial charge in [-0.25, -0.2) is 16.8 Å². The third kappa shape index (κ3) is 2.62. The Morgan fingerprint density at radius 1 is 0.962 bits per heavy atom. The second-order valence-electron chi connectivity index (χ2n) is 5.76. The summed E-state index contributed by atoms with van der Waals surface area (Å²) in [5.41, 5.74) is 1.18. The van der Waals surface area contributed by atoms with E-state index in [1.54, 1.807) is 24.3 Å². The molecule has 0 atom stereocenters. The lowest BCUT2D eigenvalue weighted by molar-refractivity contribution is 0.589. The fraction of sp³-hybridized carbons (Fsp3) is 0. The van der Waals surface area contributed by atoms with Gasteiger partial charge in [0.25, 0.3) is 10.0 Å². The lowest BCUT2D eigenvalue weighted by atomic mass is 10.1. The molecule has 0 saturated carbocycles. The predicted octanol–water partition coefficient (Wildman–Crippen LogP) is 3.37. The second kappa shape index (κ2) is 5.96. The van der Waals surface area contributed by atoms with Crippen molar-refractivity contribution in [3.63, 3.8) is 0 Å². The smallest absolute Gasteiger partial charge is 0.268 e. The van der Waals surface area contributed by atoms with Crippen molar-refractivity contribution in [2.24, 2.45) is 0 Å². The second-order valence-corrected chi connectivity index (χ2v) is 7.57. The van der Waals surface area contributed by atoms with Crippen LogP contribution in [0.3, 0.4) is 0 Å². The molecule has 4 rings (SSSR count). The number of halogens is 1. The average Bonchev–Trinajstić information content (AvgIpc) is 3.02. The van der Waals surface area contributed by atoms with Crippen LogP contribution >= 0.6 is 0 Å². The van der Waals surface area contributed by atoms with Crippen molar-refractivity contribution in [2.75, 3.05) is 0 Å². The zero-order chi connectivity index (χ0) is 18.3. The SMILES string of the molecule is O=c1ccc(-c2cn(S(=O)(=O)c3ccccc3)c3cc(F)ccc23)c[nH]1. The summed E-state index contributed by atoms with van der Waals surface area (Å²) >= 11 is 0. The van der Waals surface area contributed by atoms with Crippen molar-refractivity contribution in [2.45, 2.75) is 4.90 Å². The van der Waals surface area contributed by atoms with Crippen LogP contribution in [0.4, 0.5) is 4.39 Å². The van der Waals surface area contributed by atoms with Gasteiger partial charge in [0.2, 0.25) is 5.56 Å². The third-order valence-electron chi connectivity index (χ3n) is 4.13. The molecule has 0 bridgehead atoms. The summed E-state index contributed by atoms with van der Waals surface area (Å²) in [6.07, 6.45) is 2.94. The molecule has 1 N–H and O–H groups in total. The molecule has 2 aromatic heterocycles. The van der Waals surface area contributed by atoms with E-state index in [0.29, 0.717) is 16.5 Å². The molecule has 0 unspecified atom stereocenters. The van der Waals surface area contributed by atoms with Crippen molar-refractivity contribution in [1.82, 2.24) is 8.96 Å². The van der Waals surface area contributed by atoms with Crippen LogP contribution in [0.25, 0.3) is 22.0 Å². The van der Waals surface area contributed by atoms with Gasteiger partial charge in [0, 0.05) is 35.0 Å². The van der Waals surface area contributed by atoms with E-state index in [4.69, 9.17) is 0 Å². The maximum absolute atomic E-state index is 13.8. The molecule has 26 heavy (non-hydrogen) atoms. The number of aromatic nitrogens is 2. The number of nitrogens with zero attached hydrogens (tertiary/aromatic N) is 1. The molecule has 130 valence electrons. The molecule has 7 heteroatoms.